The second-order valence-corrected chi connectivity index (χ2v) is 7.14. The van der Waals surface area contributed by atoms with Crippen molar-refractivity contribution >= 4 is 10.0 Å². The number of aliphatic hydroxyl groups is 1. The molecule has 0 saturated carbocycles. The molecule has 0 bridgehead atoms. The molecule has 2 rings (SSSR count). The van der Waals surface area contributed by atoms with Gasteiger partial charge in [0.25, 0.3) is 0 Å². The van der Waals surface area contributed by atoms with E-state index in [0.717, 1.165) is 5.56 Å². The average molecular weight is 315 g/mol. The van der Waals surface area contributed by atoms with Gasteiger partial charge >= 0.3 is 0 Å². The SMILES string of the molecule is COc1ccc(S(=O)(=O)N2CC(C)OC(CO)C2)cc1C. The van der Waals surface area contributed by atoms with Crippen LogP contribution in [0.1, 0.15) is 12.5 Å². The molecular formula is C14H21NO5S. The summed E-state index contributed by atoms with van der Waals surface area (Å²) >= 11 is 0. The fourth-order valence-corrected chi connectivity index (χ4v) is 4.09. The lowest BCUT2D eigenvalue weighted by molar-refractivity contribution is -0.0750. The topological polar surface area (TPSA) is 76.1 Å². The normalized spacial score (nSPS) is 24.0. The molecule has 1 saturated heterocycles. The molecule has 1 aromatic rings. The molecule has 1 fully saturated rings. The molecule has 1 aromatic carbocycles. The maximum Gasteiger partial charge on any atom is 0.243 e. The minimum atomic E-state index is -3.60. The molecule has 0 amide bonds. The van der Waals surface area contributed by atoms with E-state index >= 15 is 0 Å². The first-order chi connectivity index (χ1) is 9.88. The third kappa shape index (κ3) is 3.37. The molecule has 0 radical (unpaired) electrons. The minimum Gasteiger partial charge on any atom is -0.496 e. The average Bonchev–Trinajstić information content (AvgIpc) is 2.46. The van der Waals surface area contributed by atoms with Crippen molar-refractivity contribution < 1.29 is 23.0 Å². The first kappa shape index (κ1) is 16.2. The highest BCUT2D eigenvalue weighted by molar-refractivity contribution is 7.89. The van der Waals surface area contributed by atoms with Gasteiger partial charge in [0.05, 0.1) is 30.8 Å². The third-order valence-corrected chi connectivity index (χ3v) is 5.33. The molecule has 2 unspecified atom stereocenters. The number of sulfonamides is 1. The number of hydrogen-bond donors (Lipinski definition) is 1. The molecule has 7 heteroatoms. The Kier molecular flexibility index (Phi) is 4.88. The Labute approximate surface area is 125 Å². The number of morpholine rings is 1. The van der Waals surface area contributed by atoms with E-state index in [1.54, 1.807) is 33.1 Å². The number of aliphatic hydroxyl groups excluding tert-OH is 1. The Morgan fingerprint density at radius 1 is 1.43 bits per heavy atom. The van der Waals surface area contributed by atoms with Gasteiger partial charge in [-0.1, -0.05) is 0 Å². The first-order valence-corrected chi connectivity index (χ1v) is 8.23. The van der Waals surface area contributed by atoms with Crippen LogP contribution < -0.4 is 4.74 Å². The summed E-state index contributed by atoms with van der Waals surface area (Å²) in [6.45, 7) is 3.84. The van der Waals surface area contributed by atoms with Gasteiger partial charge in [0.15, 0.2) is 0 Å². The maximum atomic E-state index is 12.7. The van der Waals surface area contributed by atoms with E-state index in [1.165, 1.54) is 10.4 Å². The molecule has 0 aliphatic carbocycles. The van der Waals surface area contributed by atoms with Crippen LogP contribution in [0.4, 0.5) is 0 Å². The summed E-state index contributed by atoms with van der Waals surface area (Å²) in [6, 6.07) is 4.78. The standard InChI is InChI=1S/C14H21NO5S/c1-10-6-13(4-5-14(10)19-3)21(17,18)15-7-11(2)20-12(8-15)9-16/h4-6,11-12,16H,7-9H2,1-3H3. The van der Waals surface area contributed by atoms with Crippen LogP contribution in [0.5, 0.6) is 5.75 Å². The summed E-state index contributed by atoms with van der Waals surface area (Å²) < 4.78 is 37.4. The van der Waals surface area contributed by atoms with E-state index < -0.39 is 16.1 Å². The zero-order valence-electron chi connectivity index (χ0n) is 12.4. The van der Waals surface area contributed by atoms with Crippen molar-refractivity contribution in [2.45, 2.75) is 31.0 Å². The van der Waals surface area contributed by atoms with Gasteiger partial charge in [-0.2, -0.15) is 4.31 Å². The van der Waals surface area contributed by atoms with E-state index in [1.807, 2.05) is 0 Å². The van der Waals surface area contributed by atoms with Crippen LogP contribution in [-0.4, -0.2) is 56.8 Å². The maximum absolute atomic E-state index is 12.7. The largest absolute Gasteiger partial charge is 0.496 e. The van der Waals surface area contributed by atoms with Crippen LogP contribution in [0.2, 0.25) is 0 Å². The highest BCUT2D eigenvalue weighted by Crippen LogP contribution is 2.25. The Bertz CT molecular complexity index is 601. The monoisotopic (exact) mass is 315 g/mol. The van der Waals surface area contributed by atoms with Gasteiger partial charge in [-0.3, -0.25) is 0 Å². The number of benzene rings is 1. The van der Waals surface area contributed by atoms with Crippen molar-refractivity contribution in [3.8, 4) is 5.75 Å². The van der Waals surface area contributed by atoms with Crippen LogP contribution in [0.3, 0.4) is 0 Å². The lowest BCUT2D eigenvalue weighted by Crippen LogP contribution is -2.50. The molecule has 2 atom stereocenters. The van der Waals surface area contributed by atoms with Gasteiger partial charge in [0.1, 0.15) is 5.75 Å². The van der Waals surface area contributed by atoms with Crippen molar-refractivity contribution in [3.63, 3.8) is 0 Å². The molecule has 1 aliphatic heterocycles. The van der Waals surface area contributed by atoms with Crippen molar-refractivity contribution in [3.05, 3.63) is 23.8 Å². The first-order valence-electron chi connectivity index (χ1n) is 6.79. The summed E-state index contributed by atoms with van der Waals surface area (Å²) in [6.07, 6.45) is -0.729. The highest BCUT2D eigenvalue weighted by Gasteiger charge is 2.33. The van der Waals surface area contributed by atoms with E-state index in [4.69, 9.17) is 9.47 Å². The summed E-state index contributed by atoms with van der Waals surface area (Å²) in [5, 5.41) is 9.21. The number of rotatable bonds is 4. The molecule has 1 aliphatic rings. The van der Waals surface area contributed by atoms with Gasteiger partial charge in [-0.15, -0.1) is 0 Å². The summed E-state index contributed by atoms with van der Waals surface area (Å²) in [5.41, 5.74) is 0.763. The van der Waals surface area contributed by atoms with Crippen LogP contribution in [0, 0.1) is 6.92 Å². The van der Waals surface area contributed by atoms with Crippen LogP contribution in [-0.2, 0) is 14.8 Å². The zero-order chi connectivity index (χ0) is 15.6. The summed E-state index contributed by atoms with van der Waals surface area (Å²) in [5.74, 6) is 0.650. The summed E-state index contributed by atoms with van der Waals surface area (Å²) in [4.78, 5) is 0.228. The molecule has 118 valence electrons. The molecule has 21 heavy (non-hydrogen) atoms. The lowest BCUT2D eigenvalue weighted by atomic mass is 10.2. The van der Waals surface area contributed by atoms with E-state index in [2.05, 4.69) is 0 Å². The van der Waals surface area contributed by atoms with Crippen LogP contribution in [0.15, 0.2) is 23.1 Å². The van der Waals surface area contributed by atoms with Crippen LogP contribution in [0.25, 0.3) is 0 Å². The van der Waals surface area contributed by atoms with Crippen molar-refractivity contribution in [1.82, 2.24) is 4.31 Å². The second kappa shape index (κ2) is 6.31. The van der Waals surface area contributed by atoms with Crippen molar-refractivity contribution in [2.24, 2.45) is 0 Å². The second-order valence-electron chi connectivity index (χ2n) is 5.20. The Morgan fingerprint density at radius 3 is 2.71 bits per heavy atom. The zero-order valence-corrected chi connectivity index (χ0v) is 13.3. The fourth-order valence-electron chi connectivity index (χ4n) is 2.46. The fraction of sp³-hybridized carbons (Fsp3) is 0.571. The predicted octanol–water partition coefficient (Wildman–Crippen LogP) is 0.774. The van der Waals surface area contributed by atoms with Gasteiger partial charge in [0.2, 0.25) is 10.0 Å². The van der Waals surface area contributed by atoms with Gasteiger partial charge in [-0.05, 0) is 37.6 Å². The lowest BCUT2D eigenvalue weighted by Gasteiger charge is -2.35. The molecule has 1 heterocycles. The Morgan fingerprint density at radius 2 is 2.14 bits per heavy atom. The van der Waals surface area contributed by atoms with E-state index in [-0.39, 0.29) is 30.7 Å². The highest BCUT2D eigenvalue weighted by atomic mass is 32.2. The molecule has 6 nitrogen and oxygen atoms in total. The molecular weight excluding hydrogens is 294 g/mol. The van der Waals surface area contributed by atoms with E-state index in [9.17, 15) is 13.5 Å². The molecule has 0 aromatic heterocycles. The van der Waals surface area contributed by atoms with Crippen molar-refractivity contribution in [1.29, 1.82) is 0 Å². The minimum absolute atomic E-state index is 0.161. The smallest absolute Gasteiger partial charge is 0.243 e. The predicted molar refractivity (Wildman–Crippen MR) is 77.9 cm³/mol. The number of nitrogens with zero attached hydrogens (tertiary/aromatic N) is 1. The van der Waals surface area contributed by atoms with Gasteiger partial charge < -0.3 is 14.6 Å². The third-order valence-electron chi connectivity index (χ3n) is 3.50. The number of ether oxygens (including phenoxy) is 2. The molecule has 1 N–H and O–H groups in total. The van der Waals surface area contributed by atoms with Gasteiger partial charge in [-0.25, -0.2) is 8.42 Å². The Balaban J connectivity index is 2.30. The van der Waals surface area contributed by atoms with E-state index in [0.29, 0.717) is 5.75 Å². The number of hydrogen-bond acceptors (Lipinski definition) is 5. The number of aryl methyl sites for hydroxylation is 1. The van der Waals surface area contributed by atoms with Crippen LogP contribution >= 0.6 is 0 Å². The van der Waals surface area contributed by atoms with Crippen molar-refractivity contribution in [2.75, 3.05) is 26.8 Å². The number of methoxy groups -OCH3 is 1. The molecule has 0 spiro atoms. The van der Waals surface area contributed by atoms with Gasteiger partial charge in [0, 0.05) is 13.1 Å². The Hall–Kier alpha value is -1.15. The summed E-state index contributed by atoms with van der Waals surface area (Å²) in [7, 11) is -2.05. The quantitative estimate of drug-likeness (QED) is 0.888.